The van der Waals surface area contributed by atoms with Crippen molar-refractivity contribution in [3.63, 3.8) is 0 Å². The molecule has 1 aromatic rings. The first kappa shape index (κ1) is 11.0. The molecule has 1 aromatic carbocycles. The molecule has 0 N–H and O–H groups in total. The predicted octanol–water partition coefficient (Wildman–Crippen LogP) is 3.94. The Kier molecular flexibility index (Phi) is 4.23. The van der Waals surface area contributed by atoms with Gasteiger partial charge in [0, 0.05) is 17.0 Å². The Morgan fingerprint density at radius 3 is 2.69 bits per heavy atom. The van der Waals surface area contributed by atoms with Crippen molar-refractivity contribution in [2.75, 3.05) is 7.11 Å². The Bertz CT molecular complexity index is 286. The summed E-state index contributed by atoms with van der Waals surface area (Å²) in [4.78, 5) is 0.289. The highest BCUT2D eigenvalue weighted by atomic mass is 79.9. The molecule has 0 aromatic heterocycles. The Balaban J connectivity index is 2.92. The normalized spacial score (nSPS) is 12.9. The van der Waals surface area contributed by atoms with Gasteiger partial charge in [-0.05, 0) is 24.1 Å². The van der Waals surface area contributed by atoms with Crippen molar-refractivity contribution in [2.24, 2.45) is 0 Å². The molecule has 13 heavy (non-hydrogen) atoms. The molecule has 0 heterocycles. The van der Waals surface area contributed by atoms with Gasteiger partial charge in [0.25, 0.3) is 0 Å². The lowest BCUT2D eigenvalue weighted by molar-refractivity contribution is 0.185. The van der Waals surface area contributed by atoms with Crippen LogP contribution in [0.25, 0.3) is 0 Å². The zero-order chi connectivity index (χ0) is 9.84. The van der Waals surface area contributed by atoms with Gasteiger partial charge in [0.05, 0.1) is 6.61 Å². The molecule has 0 aliphatic heterocycles. The number of hydrogen-bond donors (Lipinski definition) is 0. The van der Waals surface area contributed by atoms with Crippen molar-refractivity contribution in [3.05, 3.63) is 34.3 Å². The molecule has 0 bridgehead atoms. The molecule has 1 nitrogen and oxygen atoms in total. The Hall–Kier alpha value is -0.0500. The molecule has 72 valence electrons. The van der Waals surface area contributed by atoms with Gasteiger partial charge in [0.15, 0.2) is 0 Å². The van der Waals surface area contributed by atoms with Crippen LogP contribution >= 0.6 is 27.5 Å². The second kappa shape index (κ2) is 4.99. The van der Waals surface area contributed by atoms with E-state index in [4.69, 9.17) is 16.3 Å². The van der Waals surface area contributed by atoms with E-state index in [-0.39, 0.29) is 4.83 Å². The number of hydrogen-bond acceptors (Lipinski definition) is 1. The van der Waals surface area contributed by atoms with Crippen LogP contribution in [0.3, 0.4) is 0 Å². The number of methoxy groups -OCH3 is 1. The summed E-state index contributed by atoms with van der Waals surface area (Å²) in [5, 5.41) is 0.791. The van der Waals surface area contributed by atoms with Crippen LogP contribution in [0.2, 0.25) is 5.02 Å². The summed E-state index contributed by atoms with van der Waals surface area (Å²) in [7, 11) is 1.68. The van der Waals surface area contributed by atoms with E-state index < -0.39 is 0 Å². The number of rotatable bonds is 3. The van der Waals surface area contributed by atoms with Crippen molar-refractivity contribution in [2.45, 2.75) is 18.4 Å². The van der Waals surface area contributed by atoms with Crippen molar-refractivity contribution in [1.82, 2.24) is 0 Å². The van der Waals surface area contributed by atoms with E-state index in [2.05, 4.69) is 22.9 Å². The van der Waals surface area contributed by atoms with Gasteiger partial charge in [-0.25, -0.2) is 0 Å². The van der Waals surface area contributed by atoms with Crippen LogP contribution in [0.15, 0.2) is 18.2 Å². The van der Waals surface area contributed by atoms with Gasteiger partial charge in [-0.3, -0.25) is 0 Å². The summed E-state index contributed by atoms with van der Waals surface area (Å²) in [5.41, 5.74) is 2.21. The standard InChI is InChI=1S/C10H12BrClO/c1-7(11)9-4-3-8(6-13-2)5-10(9)12/h3-5,7H,6H2,1-2H3. The average Bonchev–Trinajstić information content (AvgIpc) is 2.04. The minimum atomic E-state index is 0.289. The molecule has 3 heteroatoms. The first-order valence-corrected chi connectivity index (χ1v) is 5.36. The van der Waals surface area contributed by atoms with E-state index in [1.165, 1.54) is 0 Å². The van der Waals surface area contributed by atoms with Gasteiger partial charge in [0.1, 0.15) is 0 Å². The van der Waals surface area contributed by atoms with Crippen LogP contribution in [0.5, 0.6) is 0 Å². The Labute approximate surface area is 92.2 Å². The van der Waals surface area contributed by atoms with Crippen LogP contribution in [0.4, 0.5) is 0 Å². The number of ether oxygens (including phenoxy) is 1. The molecular formula is C10H12BrClO. The molecule has 0 saturated carbocycles. The highest BCUT2D eigenvalue weighted by Gasteiger charge is 2.06. The largest absolute Gasteiger partial charge is 0.380 e. The third kappa shape index (κ3) is 2.97. The van der Waals surface area contributed by atoms with Crippen LogP contribution in [-0.4, -0.2) is 7.11 Å². The monoisotopic (exact) mass is 262 g/mol. The topological polar surface area (TPSA) is 9.23 Å². The van der Waals surface area contributed by atoms with E-state index in [1.807, 2.05) is 18.2 Å². The fourth-order valence-corrected chi connectivity index (χ4v) is 2.05. The second-order valence-electron chi connectivity index (χ2n) is 2.90. The average molecular weight is 264 g/mol. The molecule has 0 aliphatic carbocycles. The molecule has 0 saturated heterocycles. The van der Waals surface area contributed by atoms with Crippen molar-refractivity contribution in [3.8, 4) is 0 Å². The van der Waals surface area contributed by atoms with Crippen LogP contribution in [0, 0.1) is 0 Å². The molecular weight excluding hydrogens is 251 g/mol. The SMILES string of the molecule is COCc1ccc(C(C)Br)c(Cl)c1. The maximum atomic E-state index is 6.07. The van der Waals surface area contributed by atoms with Gasteiger partial charge in [-0.1, -0.05) is 39.7 Å². The highest BCUT2D eigenvalue weighted by molar-refractivity contribution is 9.09. The summed E-state index contributed by atoms with van der Waals surface area (Å²) in [6, 6.07) is 6.00. The molecule has 0 aliphatic rings. The van der Waals surface area contributed by atoms with Crippen LogP contribution in [-0.2, 0) is 11.3 Å². The van der Waals surface area contributed by atoms with E-state index >= 15 is 0 Å². The second-order valence-corrected chi connectivity index (χ2v) is 4.69. The van der Waals surface area contributed by atoms with Crippen molar-refractivity contribution >= 4 is 27.5 Å². The van der Waals surface area contributed by atoms with Gasteiger partial charge in [0.2, 0.25) is 0 Å². The number of alkyl halides is 1. The van der Waals surface area contributed by atoms with Crippen LogP contribution < -0.4 is 0 Å². The molecule has 1 unspecified atom stereocenters. The first-order chi connectivity index (χ1) is 6.15. The Morgan fingerprint density at radius 2 is 2.23 bits per heavy atom. The lowest BCUT2D eigenvalue weighted by Gasteiger charge is -2.08. The molecule has 1 rings (SSSR count). The zero-order valence-electron chi connectivity index (χ0n) is 7.68. The lowest BCUT2D eigenvalue weighted by atomic mass is 10.1. The lowest BCUT2D eigenvalue weighted by Crippen LogP contribution is -1.91. The summed E-state index contributed by atoms with van der Waals surface area (Å²) in [6.07, 6.45) is 0. The molecule has 0 fully saturated rings. The molecule has 0 spiro atoms. The predicted molar refractivity (Wildman–Crippen MR) is 59.5 cm³/mol. The van der Waals surface area contributed by atoms with Crippen molar-refractivity contribution in [1.29, 1.82) is 0 Å². The van der Waals surface area contributed by atoms with Crippen molar-refractivity contribution < 1.29 is 4.74 Å². The maximum Gasteiger partial charge on any atom is 0.0713 e. The maximum absolute atomic E-state index is 6.07. The molecule has 0 radical (unpaired) electrons. The quantitative estimate of drug-likeness (QED) is 0.751. The highest BCUT2D eigenvalue weighted by Crippen LogP contribution is 2.29. The molecule has 0 amide bonds. The summed E-state index contributed by atoms with van der Waals surface area (Å²) in [5.74, 6) is 0. The van der Waals surface area contributed by atoms with Gasteiger partial charge >= 0.3 is 0 Å². The Morgan fingerprint density at radius 1 is 1.54 bits per heavy atom. The first-order valence-electron chi connectivity index (χ1n) is 4.06. The number of benzene rings is 1. The zero-order valence-corrected chi connectivity index (χ0v) is 10.0. The smallest absolute Gasteiger partial charge is 0.0713 e. The van der Waals surface area contributed by atoms with Gasteiger partial charge in [-0.15, -0.1) is 0 Å². The molecule has 1 atom stereocenters. The minimum Gasteiger partial charge on any atom is -0.380 e. The van der Waals surface area contributed by atoms with Gasteiger partial charge in [-0.2, -0.15) is 0 Å². The van der Waals surface area contributed by atoms with E-state index in [9.17, 15) is 0 Å². The number of halogens is 2. The summed E-state index contributed by atoms with van der Waals surface area (Å²) in [6.45, 7) is 2.66. The fourth-order valence-electron chi connectivity index (χ4n) is 1.15. The third-order valence-corrected chi connectivity index (χ3v) is 2.62. The van der Waals surface area contributed by atoms with E-state index in [0.717, 1.165) is 16.1 Å². The summed E-state index contributed by atoms with van der Waals surface area (Å²) >= 11 is 9.56. The fraction of sp³-hybridized carbons (Fsp3) is 0.400. The van der Waals surface area contributed by atoms with Crippen LogP contribution in [0.1, 0.15) is 22.9 Å². The van der Waals surface area contributed by atoms with E-state index in [1.54, 1.807) is 7.11 Å². The van der Waals surface area contributed by atoms with E-state index in [0.29, 0.717) is 6.61 Å². The van der Waals surface area contributed by atoms with Gasteiger partial charge < -0.3 is 4.74 Å². The third-order valence-electron chi connectivity index (χ3n) is 1.80. The summed E-state index contributed by atoms with van der Waals surface area (Å²) < 4.78 is 5.01. The minimum absolute atomic E-state index is 0.289.